The zero-order valence-electron chi connectivity index (χ0n) is 13.2. The number of ether oxygens (including phenoxy) is 2. The second kappa shape index (κ2) is 9.61. The van der Waals surface area contributed by atoms with Gasteiger partial charge in [-0.05, 0) is 40.0 Å². The molecule has 0 fully saturated rings. The first-order chi connectivity index (χ1) is 9.65. The van der Waals surface area contributed by atoms with E-state index in [-0.39, 0.29) is 0 Å². The van der Waals surface area contributed by atoms with Crippen molar-refractivity contribution in [2.45, 2.75) is 26.8 Å². The normalized spacial score (nSPS) is 11.1. The van der Waals surface area contributed by atoms with E-state index < -0.39 is 0 Å². The van der Waals surface area contributed by atoms with Gasteiger partial charge in [0, 0.05) is 25.7 Å². The molecule has 0 amide bonds. The summed E-state index contributed by atoms with van der Waals surface area (Å²) in [6.07, 6.45) is 0. The van der Waals surface area contributed by atoms with E-state index in [4.69, 9.17) is 9.47 Å². The summed E-state index contributed by atoms with van der Waals surface area (Å²) >= 11 is 0. The van der Waals surface area contributed by atoms with E-state index in [0.29, 0.717) is 19.3 Å². The Balaban J connectivity index is 2.18. The highest BCUT2D eigenvalue weighted by Gasteiger charge is 2.03. The van der Waals surface area contributed by atoms with Gasteiger partial charge in [0.05, 0.1) is 6.61 Å². The Labute approximate surface area is 123 Å². The van der Waals surface area contributed by atoms with Crippen LogP contribution >= 0.6 is 0 Å². The zero-order valence-corrected chi connectivity index (χ0v) is 13.2. The molecule has 114 valence electrons. The Hall–Kier alpha value is -1.26. The first kappa shape index (κ1) is 16.8. The van der Waals surface area contributed by atoms with Crippen molar-refractivity contribution in [2.75, 3.05) is 39.9 Å². The summed E-state index contributed by atoms with van der Waals surface area (Å²) in [4.78, 5) is 2.32. The fourth-order valence-electron chi connectivity index (χ4n) is 1.72. The summed E-state index contributed by atoms with van der Waals surface area (Å²) in [6.45, 7) is 10.5. The second-order valence-corrected chi connectivity index (χ2v) is 5.05. The van der Waals surface area contributed by atoms with Crippen LogP contribution in [0.15, 0.2) is 24.3 Å². The average Bonchev–Trinajstić information content (AvgIpc) is 2.44. The number of benzene rings is 1. The zero-order chi connectivity index (χ0) is 14.8. The second-order valence-electron chi connectivity index (χ2n) is 5.05. The molecule has 0 aliphatic carbocycles. The van der Waals surface area contributed by atoms with Crippen LogP contribution < -0.4 is 14.8 Å². The lowest BCUT2D eigenvalue weighted by Crippen LogP contribution is -2.35. The molecule has 0 bridgehead atoms. The number of para-hydroxylation sites is 2. The van der Waals surface area contributed by atoms with Crippen molar-refractivity contribution in [3.63, 3.8) is 0 Å². The highest BCUT2D eigenvalue weighted by Crippen LogP contribution is 2.25. The third-order valence-electron chi connectivity index (χ3n) is 3.21. The molecular formula is C16H28N2O2. The molecule has 20 heavy (non-hydrogen) atoms. The van der Waals surface area contributed by atoms with Crippen molar-refractivity contribution in [3.8, 4) is 11.5 Å². The average molecular weight is 280 g/mol. The largest absolute Gasteiger partial charge is 0.490 e. The third kappa shape index (κ3) is 6.26. The lowest BCUT2D eigenvalue weighted by atomic mass is 10.3. The van der Waals surface area contributed by atoms with Gasteiger partial charge in [-0.2, -0.15) is 0 Å². The molecule has 0 unspecified atom stereocenters. The molecule has 4 heteroatoms. The van der Waals surface area contributed by atoms with Crippen molar-refractivity contribution in [1.82, 2.24) is 10.2 Å². The van der Waals surface area contributed by atoms with Gasteiger partial charge in [0.2, 0.25) is 0 Å². The Bertz CT molecular complexity index is 369. The molecule has 0 aliphatic rings. The summed E-state index contributed by atoms with van der Waals surface area (Å²) in [5.74, 6) is 1.63. The number of nitrogens with zero attached hydrogens (tertiary/aromatic N) is 1. The van der Waals surface area contributed by atoms with E-state index in [0.717, 1.165) is 31.1 Å². The predicted molar refractivity (Wildman–Crippen MR) is 83.7 cm³/mol. The van der Waals surface area contributed by atoms with E-state index in [1.165, 1.54) is 0 Å². The Morgan fingerprint density at radius 3 is 2.35 bits per heavy atom. The van der Waals surface area contributed by atoms with Crippen LogP contribution in [0.2, 0.25) is 0 Å². The van der Waals surface area contributed by atoms with Crippen molar-refractivity contribution in [2.24, 2.45) is 0 Å². The molecule has 1 aromatic carbocycles. The van der Waals surface area contributed by atoms with Gasteiger partial charge >= 0.3 is 0 Å². The molecule has 0 radical (unpaired) electrons. The lowest BCUT2D eigenvalue weighted by Gasteiger charge is -2.21. The van der Waals surface area contributed by atoms with Crippen LogP contribution in [0.25, 0.3) is 0 Å². The van der Waals surface area contributed by atoms with Crippen LogP contribution in [-0.4, -0.2) is 50.8 Å². The minimum atomic E-state index is 0.589. The molecular weight excluding hydrogens is 252 g/mol. The highest BCUT2D eigenvalue weighted by molar-refractivity contribution is 5.39. The third-order valence-corrected chi connectivity index (χ3v) is 3.21. The lowest BCUT2D eigenvalue weighted by molar-refractivity contribution is 0.258. The summed E-state index contributed by atoms with van der Waals surface area (Å²) in [6, 6.07) is 8.38. The number of nitrogens with one attached hydrogen (secondary N) is 1. The monoisotopic (exact) mass is 280 g/mol. The molecule has 1 N–H and O–H groups in total. The van der Waals surface area contributed by atoms with E-state index in [9.17, 15) is 0 Å². The maximum atomic E-state index is 5.74. The van der Waals surface area contributed by atoms with E-state index in [2.05, 4.69) is 31.1 Å². The van der Waals surface area contributed by atoms with Crippen molar-refractivity contribution in [3.05, 3.63) is 24.3 Å². The quantitative estimate of drug-likeness (QED) is 0.667. The van der Waals surface area contributed by atoms with Crippen LogP contribution in [0, 0.1) is 0 Å². The number of hydrogen-bond acceptors (Lipinski definition) is 4. The summed E-state index contributed by atoms with van der Waals surface area (Å²) in [5, 5.41) is 3.39. The van der Waals surface area contributed by atoms with Gasteiger partial charge in [-0.15, -0.1) is 0 Å². The van der Waals surface area contributed by atoms with E-state index in [1.807, 2.05) is 31.2 Å². The highest BCUT2D eigenvalue weighted by atomic mass is 16.5. The van der Waals surface area contributed by atoms with Crippen LogP contribution in [0.4, 0.5) is 0 Å². The standard InChI is InChI=1S/C16H28N2O2/c1-5-19-15-8-6-7-9-16(15)20-13-11-17-10-12-18(4)14(2)3/h6-9,14,17H,5,10-13H2,1-4H3. The topological polar surface area (TPSA) is 33.7 Å². The molecule has 0 aromatic heterocycles. The molecule has 1 rings (SSSR count). The summed E-state index contributed by atoms with van der Waals surface area (Å²) < 4.78 is 11.3. The fraction of sp³-hybridized carbons (Fsp3) is 0.625. The molecule has 0 aliphatic heterocycles. The Morgan fingerprint density at radius 1 is 1.10 bits per heavy atom. The maximum Gasteiger partial charge on any atom is 0.161 e. The first-order valence-corrected chi connectivity index (χ1v) is 7.40. The SMILES string of the molecule is CCOc1ccccc1OCCNCCN(C)C(C)C. The Kier molecular flexibility index (Phi) is 8.07. The van der Waals surface area contributed by atoms with Gasteiger partial charge in [-0.1, -0.05) is 12.1 Å². The van der Waals surface area contributed by atoms with Gasteiger partial charge in [-0.25, -0.2) is 0 Å². The first-order valence-electron chi connectivity index (χ1n) is 7.40. The smallest absolute Gasteiger partial charge is 0.161 e. The summed E-state index contributed by atoms with van der Waals surface area (Å²) in [5.41, 5.74) is 0. The number of rotatable bonds is 10. The molecule has 0 saturated heterocycles. The van der Waals surface area contributed by atoms with Crippen LogP contribution in [0.5, 0.6) is 11.5 Å². The number of hydrogen-bond donors (Lipinski definition) is 1. The number of likely N-dealkylation sites (N-methyl/N-ethyl adjacent to an activating group) is 1. The van der Waals surface area contributed by atoms with Crippen LogP contribution in [0.3, 0.4) is 0 Å². The van der Waals surface area contributed by atoms with Crippen molar-refractivity contribution in [1.29, 1.82) is 0 Å². The van der Waals surface area contributed by atoms with Crippen molar-refractivity contribution < 1.29 is 9.47 Å². The van der Waals surface area contributed by atoms with Gasteiger partial charge in [-0.3, -0.25) is 0 Å². The van der Waals surface area contributed by atoms with Crippen LogP contribution in [0.1, 0.15) is 20.8 Å². The van der Waals surface area contributed by atoms with Gasteiger partial charge in [0.1, 0.15) is 6.61 Å². The summed E-state index contributed by atoms with van der Waals surface area (Å²) in [7, 11) is 2.14. The molecule has 0 heterocycles. The van der Waals surface area contributed by atoms with E-state index in [1.54, 1.807) is 0 Å². The molecule has 1 aromatic rings. The molecule has 4 nitrogen and oxygen atoms in total. The molecule has 0 saturated carbocycles. The van der Waals surface area contributed by atoms with E-state index >= 15 is 0 Å². The van der Waals surface area contributed by atoms with Gasteiger partial charge in [0.15, 0.2) is 11.5 Å². The minimum absolute atomic E-state index is 0.589. The maximum absolute atomic E-state index is 5.74. The molecule has 0 atom stereocenters. The Morgan fingerprint density at radius 2 is 1.75 bits per heavy atom. The van der Waals surface area contributed by atoms with Crippen LogP contribution in [-0.2, 0) is 0 Å². The predicted octanol–water partition coefficient (Wildman–Crippen LogP) is 2.39. The fourth-order valence-corrected chi connectivity index (χ4v) is 1.72. The van der Waals surface area contributed by atoms with Gasteiger partial charge < -0.3 is 19.7 Å². The van der Waals surface area contributed by atoms with Gasteiger partial charge in [0.25, 0.3) is 0 Å². The molecule has 0 spiro atoms. The minimum Gasteiger partial charge on any atom is -0.490 e. The van der Waals surface area contributed by atoms with Crippen molar-refractivity contribution >= 4 is 0 Å².